The SMILES string of the molecule is COc1cc(O)c(-c2ccc(OC)c3c(OC)cc(C)cc23)c2c1C(C)=NC(C)C2. The minimum absolute atomic E-state index is 0.128. The molecule has 0 amide bonds. The Hall–Kier alpha value is -3.21. The van der Waals surface area contributed by atoms with Gasteiger partial charge in [-0.1, -0.05) is 6.07 Å². The Morgan fingerprint density at radius 2 is 1.60 bits per heavy atom. The molecule has 1 N–H and O–H groups in total. The van der Waals surface area contributed by atoms with Crippen molar-refractivity contribution in [2.75, 3.05) is 21.3 Å². The number of methoxy groups -OCH3 is 3. The van der Waals surface area contributed by atoms with Crippen LogP contribution in [0.15, 0.2) is 35.3 Å². The smallest absolute Gasteiger partial charge is 0.131 e. The standard InChI is InChI=1S/C25H27NO4/c1-13-9-17-16(7-8-20(28-4)25(17)21(10-13)29-5)24-18-11-14(2)26-15(3)23(18)22(30-6)12-19(24)27/h7-10,12,14,27H,11H2,1-6H3. The number of benzene rings is 3. The Morgan fingerprint density at radius 3 is 2.27 bits per heavy atom. The van der Waals surface area contributed by atoms with Gasteiger partial charge < -0.3 is 19.3 Å². The van der Waals surface area contributed by atoms with Gasteiger partial charge in [-0.05, 0) is 67.5 Å². The molecule has 3 aromatic rings. The number of phenolic OH excluding ortho intramolecular Hbond substituents is 1. The highest BCUT2D eigenvalue weighted by molar-refractivity contribution is 6.09. The third-order valence-electron chi connectivity index (χ3n) is 5.76. The first-order valence-corrected chi connectivity index (χ1v) is 10.0. The highest BCUT2D eigenvalue weighted by atomic mass is 16.5. The fourth-order valence-corrected chi connectivity index (χ4v) is 4.60. The zero-order valence-electron chi connectivity index (χ0n) is 18.3. The average Bonchev–Trinajstić information content (AvgIpc) is 2.71. The van der Waals surface area contributed by atoms with Gasteiger partial charge in [0.2, 0.25) is 0 Å². The van der Waals surface area contributed by atoms with Gasteiger partial charge in [0.15, 0.2) is 0 Å². The fraction of sp³-hybridized carbons (Fsp3) is 0.320. The lowest BCUT2D eigenvalue weighted by molar-refractivity contribution is 0.404. The van der Waals surface area contributed by atoms with E-state index in [0.29, 0.717) is 5.75 Å². The molecule has 1 aliphatic rings. The summed E-state index contributed by atoms with van der Waals surface area (Å²) in [5.41, 5.74) is 5.76. The molecule has 0 aliphatic carbocycles. The second kappa shape index (κ2) is 7.56. The molecule has 5 nitrogen and oxygen atoms in total. The summed E-state index contributed by atoms with van der Waals surface area (Å²) < 4.78 is 16.9. The molecule has 0 bridgehead atoms. The summed E-state index contributed by atoms with van der Waals surface area (Å²) >= 11 is 0. The molecule has 0 aromatic heterocycles. The minimum atomic E-state index is 0.128. The molecule has 0 radical (unpaired) electrons. The van der Waals surface area contributed by atoms with Crippen molar-refractivity contribution in [1.29, 1.82) is 0 Å². The number of ether oxygens (including phenoxy) is 3. The molecule has 0 fully saturated rings. The molecule has 5 heteroatoms. The molecule has 0 saturated carbocycles. The first kappa shape index (κ1) is 20.1. The Morgan fingerprint density at radius 1 is 0.900 bits per heavy atom. The topological polar surface area (TPSA) is 60.3 Å². The minimum Gasteiger partial charge on any atom is -0.507 e. The quantitative estimate of drug-likeness (QED) is 0.640. The number of hydrogen-bond donors (Lipinski definition) is 1. The van der Waals surface area contributed by atoms with Crippen LogP contribution in [0.1, 0.15) is 30.5 Å². The van der Waals surface area contributed by atoms with Crippen molar-refractivity contribution in [3.05, 3.63) is 47.0 Å². The molecule has 30 heavy (non-hydrogen) atoms. The number of hydrogen-bond acceptors (Lipinski definition) is 5. The van der Waals surface area contributed by atoms with Crippen LogP contribution in [0.4, 0.5) is 0 Å². The van der Waals surface area contributed by atoms with Crippen molar-refractivity contribution in [3.63, 3.8) is 0 Å². The molecule has 1 aliphatic heterocycles. The zero-order valence-corrected chi connectivity index (χ0v) is 18.3. The third kappa shape index (κ3) is 3.05. The van der Waals surface area contributed by atoms with E-state index in [2.05, 4.69) is 13.0 Å². The van der Waals surface area contributed by atoms with Crippen LogP contribution in [0.3, 0.4) is 0 Å². The van der Waals surface area contributed by atoms with Gasteiger partial charge in [-0.25, -0.2) is 0 Å². The number of aryl methyl sites for hydroxylation is 1. The first-order chi connectivity index (χ1) is 14.4. The molecule has 1 unspecified atom stereocenters. The normalized spacial score (nSPS) is 15.5. The molecule has 4 rings (SSSR count). The molecule has 156 valence electrons. The van der Waals surface area contributed by atoms with E-state index in [1.165, 1.54) is 0 Å². The van der Waals surface area contributed by atoms with Gasteiger partial charge in [0.05, 0.1) is 32.8 Å². The summed E-state index contributed by atoms with van der Waals surface area (Å²) in [5.74, 6) is 2.32. The van der Waals surface area contributed by atoms with E-state index < -0.39 is 0 Å². The van der Waals surface area contributed by atoms with Gasteiger partial charge >= 0.3 is 0 Å². The predicted octanol–water partition coefficient (Wildman–Crippen LogP) is 5.30. The summed E-state index contributed by atoms with van der Waals surface area (Å²) in [6.07, 6.45) is 0.725. The summed E-state index contributed by atoms with van der Waals surface area (Å²) in [5, 5.41) is 13.0. The van der Waals surface area contributed by atoms with Crippen LogP contribution in [0.2, 0.25) is 0 Å². The lowest BCUT2D eigenvalue weighted by Gasteiger charge is -2.26. The van der Waals surface area contributed by atoms with Gasteiger partial charge in [-0.15, -0.1) is 0 Å². The predicted molar refractivity (Wildman–Crippen MR) is 121 cm³/mol. The summed E-state index contributed by atoms with van der Waals surface area (Å²) in [6.45, 7) is 6.12. The Labute approximate surface area is 176 Å². The van der Waals surface area contributed by atoms with Crippen molar-refractivity contribution < 1.29 is 19.3 Å². The van der Waals surface area contributed by atoms with Gasteiger partial charge in [0.25, 0.3) is 0 Å². The van der Waals surface area contributed by atoms with Crippen LogP contribution in [0.5, 0.6) is 23.0 Å². The third-order valence-corrected chi connectivity index (χ3v) is 5.76. The Balaban J connectivity index is 2.14. The van der Waals surface area contributed by atoms with Crippen LogP contribution in [-0.2, 0) is 6.42 Å². The molecular formula is C25H27NO4. The lowest BCUT2D eigenvalue weighted by Crippen LogP contribution is -2.19. The highest BCUT2D eigenvalue weighted by Gasteiger charge is 2.27. The van der Waals surface area contributed by atoms with Crippen molar-refractivity contribution in [1.82, 2.24) is 0 Å². The van der Waals surface area contributed by atoms with Crippen LogP contribution in [0, 0.1) is 6.92 Å². The molecule has 0 spiro atoms. The Bertz CT molecular complexity index is 1180. The Kier molecular flexibility index (Phi) is 5.06. The molecular weight excluding hydrogens is 378 g/mol. The van der Waals surface area contributed by atoms with Gasteiger partial charge in [0.1, 0.15) is 23.0 Å². The zero-order chi connectivity index (χ0) is 21.6. The highest BCUT2D eigenvalue weighted by Crippen LogP contribution is 2.47. The number of aromatic hydroxyl groups is 1. The molecule has 1 heterocycles. The van der Waals surface area contributed by atoms with Crippen LogP contribution in [0.25, 0.3) is 21.9 Å². The number of aliphatic imine (C=N–C) groups is 1. The van der Waals surface area contributed by atoms with Gasteiger partial charge in [-0.3, -0.25) is 4.99 Å². The van der Waals surface area contributed by atoms with Crippen molar-refractivity contribution in [2.45, 2.75) is 33.2 Å². The maximum atomic E-state index is 11.1. The van der Waals surface area contributed by atoms with E-state index in [1.807, 2.05) is 32.0 Å². The second-order valence-corrected chi connectivity index (χ2v) is 7.80. The lowest BCUT2D eigenvalue weighted by atomic mass is 9.84. The molecule has 3 aromatic carbocycles. The van der Waals surface area contributed by atoms with Crippen LogP contribution >= 0.6 is 0 Å². The van der Waals surface area contributed by atoms with E-state index in [1.54, 1.807) is 27.4 Å². The van der Waals surface area contributed by atoms with E-state index in [-0.39, 0.29) is 11.8 Å². The fourth-order valence-electron chi connectivity index (χ4n) is 4.60. The summed E-state index contributed by atoms with van der Waals surface area (Å²) in [4.78, 5) is 4.74. The van der Waals surface area contributed by atoms with Crippen molar-refractivity contribution in [2.24, 2.45) is 4.99 Å². The van der Waals surface area contributed by atoms with Crippen molar-refractivity contribution in [3.8, 4) is 34.1 Å². The summed E-state index contributed by atoms with van der Waals surface area (Å²) in [7, 11) is 4.94. The van der Waals surface area contributed by atoms with Crippen molar-refractivity contribution >= 4 is 16.5 Å². The van der Waals surface area contributed by atoms with Crippen LogP contribution < -0.4 is 14.2 Å². The largest absolute Gasteiger partial charge is 0.507 e. The number of phenols is 1. The second-order valence-electron chi connectivity index (χ2n) is 7.80. The summed E-state index contributed by atoms with van der Waals surface area (Å²) in [6, 6.07) is 9.86. The maximum Gasteiger partial charge on any atom is 0.131 e. The first-order valence-electron chi connectivity index (χ1n) is 10.0. The van der Waals surface area contributed by atoms with E-state index >= 15 is 0 Å². The number of rotatable bonds is 4. The van der Waals surface area contributed by atoms with E-state index in [9.17, 15) is 5.11 Å². The van der Waals surface area contributed by atoms with Gasteiger partial charge in [-0.2, -0.15) is 0 Å². The molecule has 1 atom stereocenters. The molecule has 0 saturated heterocycles. The van der Waals surface area contributed by atoms with E-state index in [0.717, 1.165) is 62.2 Å². The van der Waals surface area contributed by atoms with E-state index in [4.69, 9.17) is 19.2 Å². The van der Waals surface area contributed by atoms with Crippen LogP contribution in [-0.4, -0.2) is 38.2 Å². The van der Waals surface area contributed by atoms with Gasteiger partial charge in [0, 0.05) is 22.9 Å². The maximum absolute atomic E-state index is 11.1. The number of fused-ring (bicyclic) bond motifs is 2. The average molecular weight is 405 g/mol. The number of nitrogens with zero attached hydrogens (tertiary/aromatic N) is 1. The monoisotopic (exact) mass is 405 g/mol.